The highest BCUT2D eigenvalue weighted by molar-refractivity contribution is 5.63. The lowest BCUT2D eigenvalue weighted by molar-refractivity contribution is 0.242. The Morgan fingerprint density at radius 2 is 1.81 bits per heavy atom. The van der Waals surface area contributed by atoms with Crippen LogP contribution >= 0.6 is 0 Å². The minimum absolute atomic E-state index is 0.616. The van der Waals surface area contributed by atoms with Crippen molar-refractivity contribution in [3.63, 3.8) is 0 Å². The number of aromatic nitrogens is 3. The first kappa shape index (κ1) is 18.2. The van der Waals surface area contributed by atoms with Crippen molar-refractivity contribution < 1.29 is 9.47 Å². The maximum Gasteiger partial charge on any atom is 0.231 e. The van der Waals surface area contributed by atoms with E-state index in [2.05, 4.69) is 28.8 Å². The third-order valence-electron chi connectivity index (χ3n) is 4.49. The molecule has 0 bridgehead atoms. The normalized spacial score (nSPS) is 11.2. The highest BCUT2D eigenvalue weighted by Crippen LogP contribution is 2.23. The van der Waals surface area contributed by atoms with E-state index in [0.29, 0.717) is 12.5 Å². The van der Waals surface area contributed by atoms with Gasteiger partial charge in [-0.25, -0.2) is 9.50 Å². The van der Waals surface area contributed by atoms with Gasteiger partial charge in [0, 0.05) is 18.2 Å². The van der Waals surface area contributed by atoms with E-state index in [0.717, 1.165) is 48.7 Å². The summed E-state index contributed by atoms with van der Waals surface area (Å²) >= 11 is 0. The Hall–Kier alpha value is -2.60. The molecule has 2 aromatic heterocycles. The van der Waals surface area contributed by atoms with Crippen LogP contribution in [0.2, 0.25) is 0 Å². The Labute approximate surface area is 154 Å². The van der Waals surface area contributed by atoms with Gasteiger partial charge in [0.05, 0.1) is 25.6 Å². The molecule has 138 valence electrons. The number of ether oxygens (including phenoxy) is 2. The molecule has 6 heteroatoms. The van der Waals surface area contributed by atoms with Gasteiger partial charge in [0.25, 0.3) is 0 Å². The predicted octanol–water partition coefficient (Wildman–Crippen LogP) is 3.52. The minimum Gasteiger partial charge on any atom is -0.497 e. The van der Waals surface area contributed by atoms with E-state index in [4.69, 9.17) is 9.47 Å². The molecule has 26 heavy (non-hydrogen) atoms. The lowest BCUT2D eigenvalue weighted by Gasteiger charge is -2.17. The Bertz CT molecular complexity index is 825. The van der Waals surface area contributed by atoms with Crippen LogP contribution in [0.15, 0.2) is 42.6 Å². The van der Waals surface area contributed by atoms with Gasteiger partial charge in [0.15, 0.2) is 5.65 Å². The van der Waals surface area contributed by atoms with Crippen molar-refractivity contribution in [3.8, 4) is 22.9 Å². The zero-order chi connectivity index (χ0) is 18.4. The number of nitrogens with zero attached hydrogens (tertiary/aromatic N) is 4. The van der Waals surface area contributed by atoms with E-state index in [1.54, 1.807) is 7.11 Å². The van der Waals surface area contributed by atoms with Crippen LogP contribution in [0.4, 0.5) is 0 Å². The van der Waals surface area contributed by atoms with Crippen LogP contribution in [0.3, 0.4) is 0 Å². The topological polar surface area (TPSA) is 51.9 Å². The molecule has 0 aliphatic rings. The quantitative estimate of drug-likeness (QED) is 0.550. The van der Waals surface area contributed by atoms with Crippen LogP contribution in [0, 0.1) is 0 Å². The van der Waals surface area contributed by atoms with Crippen molar-refractivity contribution >= 4 is 5.65 Å². The number of hydrogen-bond acceptors (Lipinski definition) is 5. The van der Waals surface area contributed by atoms with E-state index >= 15 is 0 Å². The third-order valence-corrected chi connectivity index (χ3v) is 4.49. The highest BCUT2D eigenvalue weighted by atomic mass is 16.5. The first-order valence-electron chi connectivity index (χ1n) is 9.09. The van der Waals surface area contributed by atoms with Gasteiger partial charge in [-0.2, -0.15) is 0 Å². The van der Waals surface area contributed by atoms with Crippen molar-refractivity contribution in [2.75, 3.05) is 33.4 Å². The van der Waals surface area contributed by atoms with Crippen molar-refractivity contribution in [1.82, 2.24) is 19.5 Å². The largest absolute Gasteiger partial charge is 0.497 e. The molecule has 3 rings (SSSR count). The predicted molar refractivity (Wildman–Crippen MR) is 103 cm³/mol. The van der Waals surface area contributed by atoms with Crippen molar-refractivity contribution in [2.24, 2.45) is 0 Å². The fourth-order valence-corrected chi connectivity index (χ4v) is 2.90. The lowest BCUT2D eigenvalue weighted by atomic mass is 10.1. The fraction of sp³-hybridized carbons (Fsp3) is 0.400. The molecule has 3 aromatic rings. The average Bonchev–Trinajstić information content (AvgIpc) is 3.11. The van der Waals surface area contributed by atoms with E-state index in [-0.39, 0.29) is 0 Å². The van der Waals surface area contributed by atoms with Gasteiger partial charge in [-0.1, -0.05) is 13.8 Å². The number of methoxy groups -OCH3 is 1. The third kappa shape index (κ3) is 4.14. The molecule has 0 spiro atoms. The van der Waals surface area contributed by atoms with Crippen LogP contribution in [-0.4, -0.2) is 52.8 Å². The molecule has 0 radical (unpaired) electrons. The van der Waals surface area contributed by atoms with Gasteiger partial charge < -0.3 is 14.4 Å². The summed E-state index contributed by atoms with van der Waals surface area (Å²) in [7, 11) is 1.66. The Morgan fingerprint density at radius 3 is 2.50 bits per heavy atom. The van der Waals surface area contributed by atoms with Gasteiger partial charge >= 0.3 is 0 Å². The summed E-state index contributed by atoms with van der Waals surface area (Å²) in [6.45, 7) is 8.19. The van der Waals surface area contributed by atoms with Crippen LogP contribution in [0.25, 0.3) is 16.9 Å². The molecule has 0 N–H and O–H groups in total. The molecular formula is C20H26N4O2. The van der Waals surface area contributed by atoms with E-state index in [1.165, 1.54) is 0 Å². The molecule has 0 aliphatic carbocycles. The Kier molecular flexibility index (Phi) is 6.07. The van der Waals surface area contributed by atoms with Crippen LogP contribution in [-0.2, 0) is 0 Å². The first-order valence-corrected chi connectivity index (χ1v) is 9.09. The maximum absolute atomic E-state index is 5.84. The molecule has 0 atom stereocenters. The molecule has 0 saturated heterocycles. The van der Waals surface area contributed by atoms with E-state index in [9.17, 15) is 0 Å². The second-order valence-electron chi connectivity index (χ2n) is 6.04. The SMILES string of the molecule is CCN(CC)CCCOc1ccc2ncc(-c3ccc(OC)cc3)n2n1. The monoisotopic (exact) mass is 354 g/mol. The first-order chi connectivity index (χ1) is 12.7. The number of hydrogen-bond donors (Lipinski definition) is 0. The standard InChI is InChI=1S/C20H26N4O2/c1-4-23(5-2)13-6-14-26-20-12-11-19-21-15-18(24(19)22-20)16-7-9-17(25-3)10-8-16/h7-12,15H,4-6,13-14H2,1-3H3. The highest BCUT2D eigenvalue weighted by Gasteiger charge is 2.09. The van der Waals surface area contributed by atoms with Gasteiger partial charge in [-0.15, -0.1) is 5.10 Å². The zero-order valence-corrected chi connectivity index (χ0v) is 15.7. The van der Waals surface area contributed by atoms with E-state index in [1.807, 2.05) is 47.1 Å². The molecular weight excluding hydrogens is 328 g/mol. The van der Waals surface area contributed by atoms with Gasteiger partial charge in [0.2, 0.25) is 5.88 Å². The molecule has 0 unspecified atom stereocenters. The van der Waals surface area contributed by atoms with E-state index < -0.39 is 0 Å². The maximum atomic E-state index is 5.84. The molecule has 0 aliphatic heterocycles. The number of benzene rings is 1. The lowest BCUT2D eigenvalue weighted by Crippen LogP contribution is -2.25. The van der Waals surface area contributed by atoms with Crippen molar-refractivity contribution in [1.29, 1.82) is 0 Å². The zero-order valence-electron chi connectivity index (χ0n) is 15.7. The fourth-order valence-electron chi connectivity index (χ4n) is 2.90. The second kappa shape index (κ2) is 8.67. The Balaban J connectivity index is 1.71. The van der Waals surface area contributed by atoms with Gasteiger partial charge in [-0.3, -0.25) is 0 Å². The van der Waals surface area contributed by atoms with Crippen LogP contribution < -0.4 is 9.47 Å². The summed E-state index contributed by atoms with van der Waals surface area (Å²) < 4.78 is 12.9. The van der Waals surface area contributed by atoms with Crippen molar-refractivity contribution in [2.45, 2.75) is 20.3 Å². The summed E-state index contributed by atoms with van der Waals surface area (Å²) in [5, 5.41) is 4.60. The molecule has 0 amide bonds. The van der Waals surface area contributed by atoms with Crippen LogP contribution in [0.1, 0.15) is 20.3 Å². The summed E-state index contributed by atoms with van der Waals surface area (Å²) in [5.41, 5.74) is 2.76. The molecule has 6 nitrogen and oxygen atoms in total. The van der Waals surface area contributed by atoms with Gasteiger partial charge in [0.1, 0.15) is 5.75 Å². The summed E-state index contributed by atoms with van der Waals surface area (Å²) in [6, 6.07) is 11.7. The van der Waals surface area contributed by atoms with Crippen molar-refractivity contribution in [3.05, 3.63) is 42.6 Å². The second-order valence-corrected chi connectivity index (χ2v) is 6.04. The molecule has 0 fully saturated rings. The average molecular weight is 354 g/mol. The summed E-state index contributed by atoms with van der Waals surface area (Å²) in [6.07, 6.45) is 2.81. The number of imidazole rings is 1. The smallest absolute Gasteiger partial charge is 0.231 e. The number of rotatable bonds is 9. The number of fused-ring (bicyclic) bond motifs is 1. The Morgan fingerprint density at radius 1 is 1.04 bits per heavy atom. The minimum atomic E-state index is 0.616. The van der Waals surface area contributed by atoms with Gasteiger partial charge in [-0.05, 0) is 49.8 Å². The summed E-state index contributed by atoms with van der Waals surface area (Å²) in [5.74, 6) is 1.44. The molecule has 2 heterocycles. The molecule has 0 saturated carbocycles. The van der Waals surface area contributed by atoms with Crippen LogP contribution in [0.5, 0.6) is 11.6 Å². The summed E-state index contributed by atoms with van der Waals surface area (Å²) in [4.78, 5) is 6.81. The molecule has 1 aromatic carbocycles.